The van der Waals surface area contributed by atoms with Gasteiger partial charge in [-0.25, -0.2) is 4.98 Å². The Balaban J connectivity index is 1.54. The van der Waals surface area contributed by atoms with Crippen LogP contribution in [0.2, 0.25) is 0 Å². The number of rotatable bonds is 4. The summed E-state index contributed by atoms with van der Waals surface area (Å²) in [5.41, 5.74) is 5.98. The van der Waals surface area contributed by atoms with E-state index in [1.807, 2.05) is 18.4 Å². The highest BCUT2D eigenvalue weighted by Gasteiger charge is 2.49. The number of fused-ring (bicyclic) bond motifs is 1. The summed E-state index contributed by atoms with van der Waals surface area (Å²) in [6.07, 6.45) is 2.29. The number of carbonyl (C=O) groups excluding carboxylic acids is 1. The third-order valence-corrected chi connectivity index (χ3v) is 7.12. The van der Waals surface area contributed by atoms with Crippen LogP contribution in [0, 0.1) is 12.3 Å². The number of carbonyl (C=O) groups is 1. The van der Waals surface area contributed by atoms with Crippen molar-refractivity contribution >= 4 is 22.4 Å². The van der Waals surface area contributed by atoms with Crippen molar-refractivity contribution in [1.29, 1.82) is 0 Å². The number of amides is 1. The van der Waals surface area contributed by atoms with Crippen LogP contribution in [0.15, 0.2) is 78.3 Å². The lowest BCUT2D eigenvalue weighted by Crippen LogP contribution is -2.37. The number of hydrogen-bond acceptors (Lipinski definition) is 4. The van der Waals surface area contributed by atoms with Gasteiger partial charge in [-0.3, -0.25) is 4.79 Å². The molecule has 5 rings (SSSR count). The SMILES string of the molecule is Cc1ccc(-c2ccc([C@H]3c4cc(O)ccc4C[C@@]3(C)C(=O)Nc3nccs3)cc2)cc1. The number of anilines is 1. The molecule has 5 heteroatoms. The molecule has 0 saturated carbocycles. The second kappa shape index (κ2) is 7.92. The first-order valence-corrected chi connectivity index (χ1v) is 11.5. The van der Waals surface area contributed by atoms with Gasteiger partial charge < -0.3 is 10.4 Å². The predicted octanol–water partition coefficient (Wildman–Crippen LogP) is 6.16. The fraction of sp³-hybridized carbons (Fsp3) is 0.185. The molecule has 32 heavy (non-hydrogen) atoms. The lowest BCUT2D eigenvalue weighted by atomic mass is 9.73. The number of aryl methyl sites for hydroxylation is 1. The highest BCUT2D eigenvalue weighted by molar-refractivity contribution is 7.13. The molecule has 0 spiro atoms. The fourth-order valence-electron chi connectivity index (χ4n) is 4.75. The van der Waals surface area contributed by atoms with Crippen molar-refractivity contribution in [2.24, 2.45) is 5.41 Å². The van der Waals surface area contributed by atoms with Crippen molar-refractivity contribution in [3.05, 3.63) is 101 Å². The first kappa shape index (κ1) is 20.5. The topological polar surface area (TPSA) is 62.2 Å². The van der Waals surface area contributed by atoms with Crippen LogP contribution in [-0.2, 0) is 11.2 Å². The molecule has 0 radical (unpaired) electrons. The highest BCUT2D eigenvalue weighted by Crippen LogP contribution is 2.52. The molecule has 0 bridgehead atoms. The molecular weight excluding hydrogens is 416 g/mol. The van der Waals surface area contributed by atoms with Crippen LogP contribution < -0.4 is 5.32 Å². The number of aromatic hydroxyl groups is 1. The second-order valence-electron chi connectivity index (χ2n) is 8.69. The van der Waals surface area contributed by atoms with E-state index in [0.29, 0.717) is 11.6 Å². The Morgan fingerprint density at radius 3 is 2.41 bits per heavy atom. The maximum atomic E-state index is 13.5. The molecule has 4 nitrogen and oxygen atoms in total. The Labute approximate surface area is 191 Å². The monoisotopic (exact) mass is 440 g/mol. The number of thiazole rings is 1. The third-order valence-electron chi connectivity index (χ3n) is 6.44. The molecule has 1 aliphatic carbocycles. The maximum Gasteiger partial charge on any atom is 0.233 e. The summed E-state index contributed by atoms with van der Waals surface area (Å²) in [5, 5.41) is 15.6. The zero-order valence-electron chi connectivity index (χ0n) is 18.0. The summed E-state index contributed by atoms with van der Waals surface area (Å²) in [5.74, 6) is -0.0120. The first-order valence-electron chi connectivity index (χ1n) is 10.6. The Bertz CT molecular complexity index is 1260. The summed E-state index contributed by atoms with van der Waals surface area (Å²) in [6.45, 7) is 4.09. The van der Waals surface area contributed by atoms with Crippen molar-refractivity contribution in [3.8, 4) is 16.9 Å². The van der Waals surface area contributed by atoms with Crippen molar-refractivity contribution in [3.63, 3.8) is 0 Å². The van der Waals surface area contributed by atoms with E-state index in [-0.39, 0.29) is 17.6 Å². The number of phenols is 1. The lowest BCUT2D eigenvalue weighted by molar-refractivity contribution is -0.125. The van der Waals surface area contributed by atoms with Crippen LogP contribution in [0.3, 0.4) is 0 Å². The number of hydrogen-bond donors (Lipinski definition) is 2. The van der Waals surface area contributed by atoms with Crippen LogP contribution in [0.5, 0.6) is 5.75 Å². The second-order valence-corrected chi connectivity index (χ2v) is 9.58. The Hall–Kier alpha value is -3.44. The Morgan fingerprint density at radius 1 is 1.06 bits per heavy atom. The Morgan fingerprint density at radius 2 is 1.75 bits per heavy atom. The van der Waals surface area contributed by atoms with Gasteiger partial charge in [0.15, 0.2) is 5.13 Å². The number of benzene rings is 3. The molecule has 1 amide bonds. The van der Waals surface area contributed by atoms with E-state index < -0.39 is 5.41 Å². The van der Waals surface area contributed by atoms with Gasteiger partial charge in [0.05, 0.1) is 5.41 Å². The normalized spacial score (nSPS) is 19.5. The maximum absolute atomic E-state index is 13.5. The van der Waals surface area contributed by atoms with Crippen LogP contribution in [0.4, 0.5) is 5.13 Å². The predicted molar refractivity (Wildman–Crippen MR) is 129 cm³/mol. The zero-order chi connectivity index (χ0) is 22.3. The van der Waals surface area contributed by atoms with E-state index in [1.165, 1.54) is 16.9 Å². The van der Waals surface area contributed by atoms with Crippen molar-refractivity contribution in [1.82, 2.24) is 4.98 Å². The van der Waals surface area contributed by atoms with Crippen LogP contribution in [0.25, 0.3) is 11.1 Å². The van der Waals surface area contributed by atoms with E-state index in [9.17, 15) is 9.90 Å². The molecule has 4 aromatic rings. The minimum atomic E-state index is -0.701. The van der Waals surface area contributed by atoms with Gasteiger partial charge >= 0.3 is 0 Å². The first-order chi connectivity index (χ1) is 15.4. The highest BCUT2D eigenvalue weighted by atomic mass is 32.1. The zero-order valence-corrected chi connectivity index (χ0v) is 18.8. The van der Waals surface area contributed by atoms with Gasteiger partial charge in [-0.2, -0.15) is 0 Å². The summed E-state index contributed by atoms with van der Waals surface area (Å²) in [7, 11) is 0. The lowest BCUT2D eigenvalue weighted by Gasteiger charge is -2.31. The molecule has 0 fully saturated rings. The molecule has 1 heterocycles. The standard InChI is InChI=1S/C27H24N2O2S/c1-17-3-5-18(6-4-17)19-7-9-20(10-8-19)24-23-15-22(30)12-11-21(23)16-27(24,2)25(31)29-26-28-13-14-32-26/h3-15,24,30H,16H2,1-2H3,(H,28,29,31)/t24-,27+/m0/s1. The van der Waals surface area contributed by atoms with Gasteiger partial charge in [0, 0.05) is 17.5 Å². The van der Waals surface area contributed by atoms with Crippen molar-refractivity contribution in [2.45, 2.75) is 26.2 Å². The summed E-state index contributed by atoms with van der Waals surface area (Å²) >= 11 is 1.41. The molecule has 2 atom stereocenters. The molecular formula is C27H24N2O2S. The van der Waals surface area contributed by atoms with Gasteiger partial charge in [-0.15, -0.1) is 11.3 Å². The average molecular weight is 441 g/mol. The minimum Gasteiger partial charge on any atom is -0.508 e. The van der Waals surface area contributed by atoms with Crippen molar-refractivity contribution in [2.75, 3.05) is 5.32 Å². The molecule has 3 aromatic carbocycles. The van der Waals surface area contributed by atoms with Crippen LogP contribution in [-0.4, -0.2) is 16.0 Å². The summed E-state index contributed by atoms with van der Waals surface area (Å²) < 4.78 is 0. The van der Waals surface area contributed by atoms with E-state index in [4.69, 9.17) is 0 Å². The van der Waals surface area contributed by atoms with Gasteiger partial charge in [-0.1, -0.05) is 60.2 Å². The molecule has 1 aliphatic rings. The summed E-state index contributed by atoms with van der Waals surface area (Å²) in [4.78, 5) is 17.7. The largest absolute Gasteiger partial charge is 0.508 e. The minimum absolute atomic E-state index is 0.0595. The number of nitrogens with zero attached hydrogens (tertiary/aromatic N) is 1. The molecule has 160 valence electrons. The molecule has 0 unspecified atom stereocenters. The van der Waals surface area contributed by atoms with E-state index in [2.05, 4.69) is 65.8 Å². The van der Waals surface area contributed by atoms with Crippen LogP contribution in [0.1, 0.15) is 35.1 Å². The summed E-state index contributed by atoms with van der Waals surface area (Å²) in [6, 6.07) is 22.3. The fourth-order valence-corrected chi connectivity index (χ4v) is 5.27. The third kappa shape index (κ3) is 3.59. The van der Waals surface area contributed by atoms with Gasteiger partial charge in [0.2, 0.25) is 5.91 Å². The smallest absolute Gasteiger partial charge is 0.233 e. The van der Waals surface area contributed by atoms with Gasteiger partial charge in [-0.05, 0) is 60.2 Å². The van der Waals surface area contributed by atoms with Gasteiger partial charge in [0.25, 0.3) is 0 Å². The van der Waals surface area contributed by atoms with E-state index >= 15 is 0 Å². The van der Waals surface area contributed by atoms with Crippen LogP contribution >= 0.6 is 11.3 Å². The van der Waals surface area contributed by atoms with Crippen molar-refractivity contribution < 1.29 is 9.90 Å². The quantitative estimate of drug-likeness (QED) is 0.400. The Kier molecular flexibility index (Phi) is 5.06. The number of nitrogens with one attached hydrogen (secondary N) is 1. The molecule has 0 saturated heterocycles. The van der Waals surface area contributed by atoms with Gasteiger partial charge in [0.1, 0.15) is 5.75 Å². The molecule has 1 aromatic heterocycles. The number of phenolic OH excluding ortho intramolecular Hbond substituents is 1. The van der Waals surface area contributed by atoms with E-state index in [0.717, 1.165) is 27.8 Å². The molecule has 0 aliphatic heterocycles. The average Bonchev–Trinajstić information content (AvgIpc) is 3.40. The van der Waals surface area contributed by atoms with E-state index in [1.54, 1.807) is 18.3 Å². The number of aromatic nitrogens is 1. The molecule has 2 N–H and O–H groups in total.